The topological polar surface area (TPSA) is 69.9 Å². The van der Waals surface area contributed by atoms with Gasteiger partial charge in [-0.05, 0) is 18.6 Å². The summed E-state index contributed by atoms with van der Waals surface area (Å²) in [7, 11) is 0. The van der Waals surface area contributed by atoms with Gasteiger partial charge in [0.1, 0.15) is 5.69 Å². The van der Waals surface area contributed by atoms with Crippen LogP contribution in [0.2, 0.25) is 0 Å². The van der Waals surface area contributed by atoms with Gasteiger partial charge >= 0.3 is 0 Å². The first-order valence-electron chi connectivity index (χ1n) is 6.60. The third-order valence-corrected chi connectivity index (χ3v) is 3.23. The molecular weight excluding hydrogens is 252 g/mol. The Kier molecular flexibility index (Phi) is 3.35. The van der Waals surface area contributed by atoms with E-state index in [9.17, 15) is 0 Å². The summed E-state index contributed by atoms with van der Waals surface area (Å²) in [5, 5.41) is 8.39. The van der Waals surface area contributed by atoms with Crippen molar-refractivity contribution in [1.29, 1.82) is 0 Å². The van der Waals surface area contributed by atoms with E-state index in [-0.39, 0.29) is 6.04 Å². The van der Waals surface area contributed by atoms with Crippen LogP contribution in [0.1, 0.15) is 25.1 Å². The summed E-state index contributed by atoms with van der Waals surface area (Å²) >= 11 is 0. The Morgan fingerprint density at radius 2 is 2.10 bits per heavy atom. The van der Waals surface area contributed by atoms with Crippen molar-refractivity contribution in [3.63, 3.8) is 0 Å². The van der Waals surface area contributed by atoms with E-state index >= 15 is 0 Å². The molecule has 0 bridgehead atoms. The normalized spacial score (nSPS) is 12.5. The van der Waals surface area contributed by atoms with Gasteiger partial charge in [-0.15, -0.1) is 0 Å². The van der Waals surface area contributed by atoms with Gasteiger partial charge in [0.05, 0.1) is 17.9 Å². The maximum atomic E-state index is 5.93. The lowest BCUT2D eigenvalue weighted by Crippen LogP contribution is -2.06. The average molecular weight is 268 g/mol. The molecule has 0 fully saturated rings. The summed E-state index contributed by atoms with van der Waals surface area (Å²) in [6.45, 7) is 2.01. The predicted molar refractivity (Wildman–Crippen MR) is 76.3 cm³/mol. The molecule has 2 N–H and O–H groups in total. The molecule has 0 spiro atoms. The van der Waals surface area contributed by atoms with Gasteiger partial charge in [0.15, 0.2) is 5.76 Å². The standard InChI is InChI=1S/C15H16N4O/c1-2-13(16)15-8-14(18-20-15)11-9-17-19(10-11)12-6-4-3-5-7-12/h3-10,13H,2,16H2,1H3. The number of rotatable bonds is 4. The molecule has 2 aromatic heterocycles. The van der Waals surface area contributed by atoms with Gasteiger partial charge in [0.2, 0.25) is 0 Å². The zero-order valence-corrected chi connectivity index (χ0v) is 11.2. The van der Waals surface area contributed by atoms with Crippen LogP contribution in [0.15, 0.2) is 53.3 Å². The summed E-state index contributed by atoms with van der Waals surface area (Å²) in [5.74, 6) is 0.704. The molecule has 0 saturated heterocycles. The Morgan fingerprint density at radius 3 is 2.85 bits per heavy atom. The van der Waals surface area contributed by atoms with E-state index in [1.807, 2.05) is 54.2 Å². The van der Waals surface area contributed by atoms with Gasteiger partial charge in [0, 0.05) is 17.8 Å². The van der Waals surface area contributed by atoms with Crippen molar-refractivity contribution < 1.29 is 4.52 Å². The first-order valence-corrected chi connectivity index (χ1v) is 6.60. The van der Waals surface area contributed by atoms with Crippen molar-refractivity contribution in [2.45, 2.75) is 19.4 Å². The summed E-state index contributed by atoms with van der Waals surface area (Å²) in [4.78, 5) is 0. The molecule has 1 atom stereocenters. The van der Waals surface area contributed by atoms with Gasteiger partial charge in [-0.1, -0.05) is 30.3 Å². The molecular formula is C15H16N4O. The van der Waals surface area contributed by atoms with Gasteiger partial charge in [-0.25, -0.2) is 4.68 Å². The van der Waals surface area contributed by atoms with Crippen LogP contribution in [0.4, 0.5) is 0 Å². The summed E-state index contributed by atoms with van der Waals surface area (Å²) in [6.07, 6.45) is 4.51. The van der Waals surface area contributed by atoms with Crippen LogP contribution in [0.5, 0.6) is 0 Å². The highest BCUT2D eigenvalue weighted by molar-refractivity contribution is 5.57. The molecule has 102 valence electrons. The first kappa shape index (κ1) is 12.6. The van der Waals surface area contributed by atoms with Crippen LogP contribution in [0, 0.1) is 0 Å². The van der Waals surface area contributed by atoms with Crippen molar-refractivity contribution in [2.24, 2.45) is 5.73 Å². The van der Waals surface area contributed by atoms with Gasteiger partial charge < -0.3 is 10.3 Å². The fraction of sp³-hybridized carbons (Fsp3) is 0.200. The average Bonchev–Trinajstić information content (AvgIpc) is 3.16. The number of hydrogen-bond donors (Lipinski definition) is 1. The molecule has 0 aliphatic rings. The quantitative estimate of drug-likeness (QED) is 0.789. The Labute approximate surface area is 117 Å². The van der Waals surface area contributed by atoms with Crippen molar-refractivity contribution in [3.8, 4) is 16.9 Å². The minimum Gasteiger partial charge on any atom is -0.359 e. The Balaban J connectivity index is 1.89. The van der Waals surface area contributed by atoms with Crippen LogP contribution in [-0.2, 0) is 0 Å². The van der Waals surface area contributed by atoms with Crippen LogP contribution < -0.4 is 5.73 Å². The monoisotopic (exact) mass is 268 g/mol. The summed E-state index contributed by atoms with van der Waals surface area (Å²) in [5.41, 5.74) is 8.60. The van der Waals surface area contributed by atoms with Crippen molar-refractivity contribution in [2.75, 3.05) is 0 Å². The zero-order valence-electron chi connectivity index (χ0n) is 11.2. The molecule has 0 saturated carbocycles. The minimum absolute atomic E-state index is 0.111. The molecule has 5 heteroatoms. The Hall–Kier alpha value is -2.40. The third-order valence-electron chi connectivity index (χ3n) is 3.23. The van der Waals surface area contributed by atoms with Crippen LogP contribution >= 0.6 is 0 Å². The van der Waals surface area contributed by atoms with Crippen molar-refractivity contribution >= 4 is 0 Å². The van der Waals surface area contributed by atoms with Crippen molar-refractivity contribution in [1.82, 2.24) is 14.9 Å². The second kappa shape index (κ2) is 5.30. The van der Waals surface area contributed by atoms with E-state index in [4.69, 9.17) is 10.3 Å². The van der Waals surface area contributed by atoms with Gasteiger partial charge in [-0.2, -0.15) is 5.10 Å². The Morgan fingerprint density at radius 1 is 1.30 bits per heavy atom. The molecule has 0 amide bonds. The summed E-state index contributed by atoms with van der Waals surface area (Å²) in [6, 6.07) is 11.7. The molecule has 0 aliphatic carbocycles. The maximum Gasteiger partial charge on any atom is 0.154 e. The SMILES string of the molecule is CCC(N)c1cc(-c2cnn(-c3ccccc3)c2)no1. The molecule has 3 rings (SSSR count). The van der Waals surface area contributed by atoms with Crippen LogP contribution in [0.25, 0.3) is 16.9 Å². The first-order chi connectivity index (χ1) is 9.78. The van der Waals surface area contributed by atoms with Crippen LogP contribution in [0.3, 0.4) is 0 Å². The molecule has 0 aliphatic heterocycles. The molecule has 0 radical (unpaired) electrons. The second-order valence-electron chi connectivity index (χ2n) is 4.64. The van der Waals surface area contributed by atoms with E-state index in [1.165, 1.54) is 0 Å². The fourth-order valence-electron chi connectivity index (χ4n) is 1.98. The third kappa shape index (κ3) is 2.35. The number of nitrogens with two attached hydrogens (primary N) is 1. The lowest BCUT2D eigenvalue weighted by atomic mass is 10.1. The fourth-order valence-corrected chi connectivity index (χ4v) is 1.98. The number of benzene rings is 1. The lowest BCUT2D eigenvalue weighted by Gasteiger charge is -2.00. The number of aromatic nitrogens is 3. The maximum absolute atomic E-state index is 5.93. The smallest absolute Gasteiger partial charge is 0.154 e. The van der Waals surface area contributed by atoms with E-state index in [0.29, 0.717) is 5.76 Å². The van der Waals surface area contributed by atoms with E-state index < -0.39 is 0 Å². The summed E-state index contributed by atoms with van der Waals surface area (Å²) < 4.78 is 7.08. The van der Waals surface area contributed by atoms with Gasteiger partial charge in [-0.3, -0.25) is 0 Å². The van der Waals surface area contributed by atoms with Gasteiger partial charge in [0.25, 0.3) is 0 Å². The molecule has 5 nitrogen and oxygen atoms in total. The van der Waals surface area contributed by atoms with Crippen LogP contribution in [-0.4, -0.2) is 14.9 Å². The Bertz CT molecular complexity index is 687. The van der Waals surface area contributed by atoms with E-state index in [1.54, 1.807) is 6.20 Å². The highest BCUT2D eigenvalue weighted by atomic mass is 16.5. The highest BCUT2D eigenvalue weighted by Crippen LogP contribution is 2.23. The van der Waals surface area contributed by atoms with E-state index in [2.05, 4.69) is 10.3 Å². The largest absolute Gasteiger partial charge is 0.359 e. The number of para-hydroxylation sites is 1. The minimum atomic E-state index is -0.111. The molecule has 3 aromatic rings. The second-order valence-corrected chi connectivity index (χ2v) is 4.64. The van der Waals surface area contributed by atoms with Crippen molar-refractivity contribution in [3.05, 3.63) is 54.6 Å². The zero-order chi connectivity index (χ0) is 13.9. The molecule has 2 heterocycles. The molecule has 20 heavy (non-hydrogen) atoms. The highest BCUT2D eigenvalue weighted by Gasteiger charge is 2.13. The number of nitrogens with zero attached hydrogens (tertiary/aromatic N) is 3. The number of hydrogen-bond acceptors (Lipinski definition) is 4. The predicted octanol–water partition coefficient (Wildman–Crippen LogP) is 2.94. The molecule has 1 aromatic carbocycles. The lowest BCUT2D eigenvalue weighted by molar-refractivity contribution is 0.360. The van der Waals surface area contributed by atoms with E-state index in [0.717, 1.165) is 23.4 Å². The molecule has 1 unspecified atom stereocenters.